The first-order valence-corrected chi connectivity index (χ1v) is 6.30. The molecule has 0 aliphatic carbocycles. The van der Waals surface area contributed by atoms with E-state index >= 15 is 0 Å². The predicted molar refractivity (Wildman–Crippen MR) is 80.7 cm³/mol. The number of anilines is 2. The zero-order valence-electron chi connectivity index (χ0n) is 11.7. The van der Waals surface area contributed by atoms with Gasteiger partial charge in [0.1, 0.15) is 5.75 Å². The van der Waals surface area contributed by atoms with Crippen LogP contribution in [-0.4, -0.2) is 14.2 Å². The van der Waals surface area contributed by atoms with Gasteiger partial charge in [-0.3, -0.25) is 0 Å². The van der Waals surface area contributed by atoms with Gasteiger partial charge in [0.15, 0.2) is 0 Å². The summed E-state index contributed by atoms with van der Waals surface area (Å²) >= 11 is 0. The number of methoxy groups -OCH3 is 1. The molecule has 2 aromatic rings. The average Bonchev–Trinajstić information content (AvgIpc) is 2.39. The number of aryl methyl sites for hydroxylation is 1. The lowest BCUT2D eigenvalue weighted by atomic mass is 10.1. The minimum absolute atomic E-state index is 0.783. The Morgan fingerprint density at radius 1 is 1.11 bits per heavy atom. The fraction of sp³-hybridized carbons (Fsp3) is 0.250. The summed E-state index contributed by atoms with van der Waals surface area (Å²) < 4.78 is 5.41. The molecular formula is C16H20N2O. The van der Waals surface area contributed by atoms with Crippen molar-refractivity contribution in [2.75, 3.05) is 24.8 Å². The Morgan fingerprint density at radius 3 is 2.42 bits per heavy atom. The van der Waals surface area contributed by atoms with Crippen LogP contribution in [-0.2, 0) is 6.54 Å². The third-order valence-electron chi connectivity index (χ3n) is 3.18. The summed E-state index contributed by atoms with van der Waals surface area (Å²) in [6, 6.07) is 14.1. The summed E-state index contributed by atoms with van der Waals surface area (Å²) in [5, 5.41) is 0. The van der Waals surface area contributed by atoms with Crippen molar-refractivity contribution in [2.24, 2.45) is 0 Å². The lowest BCUT2D eigenvalue weighted by Crippen LogP contribution is -2.17. The molecule has 0 saturated carbocycles. The summed E-state index contributed by atoms with van der Waals surface area (Å²) in [5.41, 5.74) is 10.0. The van der Waals surface area contributed by atoms with Crippen LogP contribution in [0.25, 0.3) is 0 Å². The van der Waals surface area contributed by atoms with Crippen LogP contribution in [0.4, 0.5) is 11.4 Å². The highest BCUT2D eigenvalue weighted by atomic mass is 16.5. The fourth-order valence-corrected chi connectivity index (χ4v) is 2.11. The molecule has 0 aromatic heterocycles. The van der Waals surface area contributed by atoms with Crippen LogP contribution in [0.2, 0.25) is 0 Å². The van der Waals surface area contributed by atoms with E-state index in [1.165, 1.54) is 11.1 Å². The molecule has 0 aliphatic heterocycles. The molecule has 0 amide bonds. The number of ether oxygens (including phenoxy) is 1. The van der Waals surface area contributed by atoms with E-state index in [1.54, 1.807) is 7.11 Å². The van der Waals surface area contributed by atoms with Crippen molar-refractivity contribution >= 4 is 11.4 Å². The predicted octanol–water partition coefficient (Wildman–Crippen LogP) is 3.22. The maximum Gasteiger partial charge on any atom is 0.123 e. The average molecular weight is 256 g/mol. The molecular weight excluding hydrogens is 236 g/mol. The van der Waals surface area contributed by atoms with Crippen molar-refractivity contribution in [3.05, 3.63) is 53.6 Å². The van der Waals surface area contributed by atoms with Gasteiger partial charge in [0, 0.05) is 30.5 Å². The standard InChI is InChI=1S/C16H20N2O/c1-12-4-9-16(19-3)13(10-12)11-18(2)15-7-5-14(17)6-8-15/h4-10H,11,17H2,1-3H3. The second-order valence-electron chi connectivity index (χ2n) is 4.76. The van der Waals surface area contributed by atoms with Gasteiger partial charge in [0.05, 0.1) is 7.11 Å². The minimum atomic E-state index is 0.783. The van der Waals surface area contributed by atoms with Gasteiger partial charge in [-0.25, -0.2) is 0 Å². The molecule has 0 saturated heterocycles. The molecule has 0 bridgehead atoms. The molecule has 0 radical (unpaired) electrons. The lowest BCUT2D eigenvalue weighted by molar-refractivity contribution is 0.409. The van der Waals surface area contributed by atoms with Crippen molar-refractivity contribution < 1.29 is 4.74 Å². The molecule has 2 N–H and O–H groups in total. The molecule has 100 valence electrons. The largest absolute Gasteiger partial charge is 0.496 e. The number of nitrogens with two attached hydrogens (primary N) is 1. The number of rotatable bonds is 4. The zero-order chi connectivity index (χ0) is 13.8. The van der Waals surface area contributed by atoms with Crippen LogP contribution in [0.5, 0.6) is 5.75 Å². The summed E-state index contributed by atoms with van der Waals surface area (Å²) in [5.74, 6) is 0.924. The fourth-order valence-electron chi connectivity index (χ4n) is 2.11. The molecule has 0 unspecified atom stereocenters. The van der Waals surface area contributed by atoms with E-state index in [4.69, 9.17) is 10.5 Å². The van der Waals surface area contributed by atoms with Gasteiger partial charge in [0.25, 0.3) is 0 Å². The molecule has 0 atom stereocenters. The SMILES string of the molecule is COc1ccc(C)cc1CN(C)c1ccc(N)cc1. The highest BCUT2D eigenvalue weighted by Crippen LogP contribution is 2.24. The quantitative estimate of drug-likeness (QED) is 0.854. The van der Waals surface area contributed by atoms with Gasteiger partial charge >= 0.3 is 0 Å². The number of nitrogens with zero attached hydrogens (tertiary/aromatic N) is 1. The summed E-state index contributed by atoms with van der Waals surface area (Å²) in [7, 11) is 3.77. The molecule has 2 aromatic carbocycles. The molecule has 19 heavy (non-hydrogen) atoms. The Balaban J connectivity index is 2.20. The van der Waals surface area contributed by atoms with Gasteiger partial charge in [-0.1, -0.05) is 17.7 Å². The number of hydrogen-bond donors (Lipinski definition) is 1. The Morgan fingerprint density at radius 2 is 1.79 bits per heavy atom. The highest BCUT2D eigenvalue weighted by molar-refractivity contribution is 5.53. The molecule has 0 spiro atoms. The van der Waals surface area contributed by atoms with Gasteiger partial charge in [0.2, 0.25) is 0 Å². The van der Waals surface area contributed by atoms with E-state index in [0.717, 1.165) is 23.7 Å². The Hall–Kier alpha value is -2.16. The topological polar surface area (TPSA) is 38.5 Å². The van der Waals surface area contributed by atoms with E-state index < -0.39 is 0 Å². The molecule has 3 heteroatoms. The van der Waals surface area contributed by atoms with E-state index in [0.29, 0.717) is 0 Å². The Kier molecular flexibility index (Phi) is 3.95. The molecule has 0 heterocycles. The monoisotopic (exact) mass is 256 g/mol. The lowest BCUT2D eigenvalue weighted by Gasteiger charge is -2.21. The van der Waals surface area contributed by atoms with E-state index in [-0.39, 0.29) is 0 Å². The number of benzene rings is 2. The highest BCUT2D eigenvalue weighted by Gasteiger charge is 2.07. The number of hydrogen-bond acceptors (Lipinski definition) is 3. The number of nitrogen functional groups attached to an aromatic ring is 1. The zero-order valence-corrected chi connectivity index (χ0v) is 11.7. The molecule has 3 nitrogen and oxygen atoms in total. The normalized spacial score (nSPS) is 10.3. The third kappa shape index (κ3) is 3.19. The first kappa shape index (κ1) is 13.3. The second kappa shape index (κ2) is 5.65. The van der Waals surface area contributed by atoms with Crippen LogP contribution in [0.1, 0.15) is 11.1 Å². The minimum Gasteiger partial charge on any atom is -0.496 e. The van der Waals surface area contributed by atoms with Crippen molar-refractivity contribution in [2.45, 2.75) is 13.5 Å². The maximum absolute atomic E-state index is 5.71. The Bertz CT molecular complexity index is 549. The van der Waals surface area contributed by atoms with Crippen LogP contribution in [0.15, 0.2) is 42.5 Å². The van der Waals surface area contributed by atoms with E-state index in [1.807, 2.05) is 30.3 Å². The first-order chi connectivity index (χ1) is 9.10. The van der Waals surface area contributed by atoms with Gasteiger partial charge in [-0.2, -0.15) is 0 Å². The van der Waals surface area contributed by atoms with Crippen molar-refractivity contribution in [3.63, 3.8) is 0 Å². The Labute approximate surface area is 114 Å². The van der Waals surface area contributed by atoms with Crippen LogP contribution < -0.4 is 15.4 Å². The van der Waals surface area contributed by atoms with Gasteiger partial charge in [-0.05, 0) is 37.3 Å². The molecule has 0 aliphatic rings. The summed E-state index contributed by atoms with van der Waals surface area (Å²) in [6.07, 6.45) is 0. The summed E-state index contributed by atoms with van der Waals surface area (Å²) in [6.45, 7) is 2.89. The maximum atomic E-state index is 5.71. The summed E-state index contributed by atoms with van der Waals surface area (Å²) in [4.78, 5) is 2.18. The third-order valence-corrected chi connectivity index (χ3v) is 3.18. The molecule has 2 rings (SSSR count). The second-order valence-corrected chi connectivity index (χ2v) is 4.76. The first-order valence-electron chi connectivity index (χ1n) is 6.30. The molecule has 0 fully saturated rings. The van der Waals surface area contributed by atoms with E-state index in [2.05, 4.69) is 31.0 Å². The van der Waals surface area contributed by atoms with Gasteiger partial charge in [-0.15, -0.1) is 0 Å². The van der Waals surface area contributed by atoms with Crippen LogP contribution in [0.3, 0.4) is 0 Å². The van der Waals surface area contributed by atoms with Gasteiger partial charge < -0.3 is 15.4 Å². The van der Waals surface area contributed by atoms with E-state index in [9.17, 15) is 0 Å². The smallest absolute Gasteiger partial charge is 0.123 e. The van der Waals surface area contributed by atoms with Crippen molar-refractivity contribution in [1.82, 2.24) is 0 Å². The van der Waals surface area contributed by atoms with Crippen LogP contribution in [0, 0.1) is 6.92 Å². The van der Waals surface area contributed by atoms with Crippen molar-refractivity contribution in [3.8, 4) is 5.75 Å². The van der Waals surface area contributed by atoms with Crippen LogP contribution >= 0.6 is 0 Å². The van der Waals surface area contributed by atoms with Crippen molar-refractivity contribution in [1.29, 1.82) is 0 Å².